The standard InChI is InChI=1S/C19H13I2N3O/c1-25-18-15(20)7-12(8-16(18)21)17-13(9-22)19(23)24-10-14(17)11-5-3-2-4-6-11/h2-8,10H,1H3,(H2,23,24). The molecule has 0 saturated heterocycles. The number of nitriles is 1. The Labute approximate surface area is 173 Å². The maximum absolute atomic E-state index is 9.67. The van der Waals surface area contributed by atoms with Crippen molar-refractivity contribution in [3.05, 3.63) is 61.4 Å². The van der Waals surface area contributed by atoms with Gasteiger partial charge in [-0.2, -0.15) is 5.26 Å². The molecule has 0 unspecified atom stereocenters. The van der Waals surface area contributed by atoms with Gasteiger partial charge in [0.05, 0.1) is 14.3 Å². The van der Waals surface area contributed by atoms with Crippen LogP contribution in [0.15, 0.2) is 48.7 Å². The fourth-order valence-corrected chi connectivity index (χ4v) is 4.88. The lowest BCUT2D eigenvalue weighted by Crippen LogP contribution is -2.01. The second-order valence-corrected chi connectivity index (χ2v) is 7.58. The highest BCUT2D eigenvalue weighted by molar-refractivity contribution is 14.1. The zero-order valence-electron chi connectivity index (χ0n) is 13.3. The number of ether oxygens (including phenoxy) is 1. The van der Waals surface area contributed by atoms with Gasteiger partial charge in [0.2, 0.25) is 0 Å². The van der Waals surface area contributed by atoms with E-state index in [1.54, 1.807) is 13.3 Å². The van der Waals surface area contributed by atoms with E-state index in [0.717, 1.165) is 35.1 Å². The van der Waals surface area contributed by atoms with E-state index in [0.29, 0.717) is 5.56 Å². The van der Waals surface area contributed by atoms with Crippen molar-refractivity contribution < 1.29 is 4.74 Å². The Balaban J connectivity index is 2.36. The number of nitrogens with two attached hydrogens (primary N) is 1. The number of benzene rings is 2. The summed E-state index contributed by atoms with van der Waals surface area (Å²) in [6.45, 7) is 0. The molecule has 124 valence electrons. The number of nitrogen functional groups attached to an aromatic ring is 1. The maximum atomic E-state index is 9.67. The topological polar surface area (TPSA) is 71.9 Å². The van der Waals surface area contributed by atoms with E-state index in [-0.39, 0.29) is 5.82 Å². The van der Waals surface area contributed by atoms with Crippen LogP contribution < -0.4 is 10.5 Å². The van der Waals surface area contributed by atoms with Gasteiger partial charge in [-0.15, -0.1) is 0 Å². The minimum absolute atomic E-state index is 0.234. The van der Waals surface area contributed by atoms with Crippen LogP contribution in [0.1, 0.15) is 5.56 Å². The van der Waals surface area contributed by atoms with Crippen molar-refractivity contribution in [3.63, 3.8) is 0 Å². The molecule has 6 heteroatoms. The summed E-state index contributed by atoms with van der Waals surface area (Å²) in [6.07, 6.45) is 1.73. The summed E-state index contributed by atoms with van der Waals surface area (Å²) < 4.78 is 7.39. The molecule has 25 heavy (non-hydrogen) atoms. The zero-order valence-corrected chi connectivity index (χ0v) is 17.6. The SMILES string of the molecule is COc1c(I)cc(-c2c(-c3ccccc3)cnc(N)c2C#N)cc1I. The summed E-state index contributed by atoms with van der Waals surface area (Å²) in [5.74, 6) is 1.06. The number of pyridine rings is 1. The Morgan fingerprint density at radius 1 is 1.08 bits per heavy atom. The normalized spacial score (nSPS) is 10.3. The van der Waals surface area contributed by atoms with Gasteiger partial charge in [0, 0.05) is 17.3 Å². The molecule has 0 saturated carbocycles. The van der Waals surface area contributed by atoms with E-state index in [1.165, 1.54) is 0 Å². The number of aromatic nitrogens is 1. The van der Waals surface area contributed by atoms with Crippen molar-refractivity contribution in [1.29, 1.82) is 5.26 Å². The van der Waals surface area contributed by atoms with Gasteiger partial charge in [-0.3, -0.25) is 0 Å². The third-order valence-electron chi connectivity index (χ3n) is 3.80. The molecule has 0 amide bonds. The third kappa shape index (κ3) is 3.43. The Morgan fingerprint density at radius 2 is 1.72 bits per heavy atom. The molecule has 2 N–H and O–H groups in total. The van der Waals surface area contributed by atoms with Gasteiger partial charge < -0.3 is 10.5 Å². The summed E-state index contributed by atoms with van der Waals surface area (Å²) in [7, 11) is 1.65. The molecule has 4 nitrogen and oxygen atoms in total. The largest absolute Gasteiger partial charge is 0.495 e. The van der Waals surface area contributed by atoms with Gasteiger partial charge in [0.25, 0.3) is 0 Å². The van der Waals surface area contributed by atoms with Crippen LogP contribution in [0.5, 0.6) is 5.75 Å². The highest BCUT2D eigenvalue weighted by Gasteiger charge is 2.19. The predicted octanol–water partition coefficient (Wildman–Crippen LogP) is 5.09. The summed E-state index contributed by atoms with van der Waals surface area (Å²) in [5.41, 5.74) is 9.95. The number of hydrogen-bond donors (Lipinski definition) is 1. The number of rotatable bonds is 3. The first-order valence-corrected chi connectivity index (χ1v) is 9.50. The van der Waals surface area contributed by atoms with Crippen LogP contribution in [0, 0.1) is 18.5 Å². The molecule has 0 radical (unpaired) electrons. The van der Waals surface area contributed by atoms with Crippen molar-refractivity contribution in [2.24, 2.45) is 0 Å². The molecule has 0 fully saturated rings. The van der Waals surface area contributed by atoms with E-state index in [2.05, 4.69) is 56.2 Å². The first-order valence-electron chi connectivity index (χ1n) is 7.34. The van der Waals surface area contributed by atoms with Gasteiger partial charge in [-0.1, -0.05) is 30.3 Å². The van der Waals surface area contributed by atoms with Crippen molar-refractivity contribution in [3.8, 4) is 34.1 Å². The number of hydrogen-bond acceptors (Lipinski definition) is 4. The summed E-state index contributed by atoms with van der Waals surface area (Å²) in [5, 5.41) is 9.67. The van der Waals surface area contributed by atoms with E-state index in [9.17, 15) is 5.26 Å². The molecular formula is C19H13I2N3O. The van der Waals surface area contributed by atoms with E-state index >= 15 is 0 Å². The Hall–Kier alpha value is -1.86. The summed E-state index contributed by atoms with van der Waals surface area (Å²) in [4.78, 5) is 4.22. The molecule has 0 atom stereocenters. The Kier molecular flexibility index (Phi) is 5.44. The number of nitrogens with zero attached hydrogens (tertiary/aromatic N) is 2. The van der Waals surface area contributed by atoms with Crippen molar-refractivity contribution in [1.82, 2.24) is 4.98 Å². The fraction of sp³-hybridized carbons (Fsp3) is 0.0526. The number of halogens is 2. The average molecular weight is 553 g/mol. The van der Waals surface area contributed by atoms with Crippen LogP contribution in [-0.4, -0.2) is 12.1 Å². The fourth-order valence-electron chi connectivity index (χ4n) is 2.67. The van der Waals surface area contributed by atoms with Crippen LogP contribution in [0.25, 0.3) is 22.3 Å². The van der Waals surface area contributed by atoms with Crippen LogP contribution in [0.2, 0.25) is 0 Å². The molecule has 1 aromatic heterocycles. The van der Waals surface area contributed by atoms with Crippen LogP contribution in [-0.2, 0) is 0 Å². The Morgan fingerprint density at radius 3 is 2.28 bits per heavy atom. The monoisotopic (exact) mass is 553 g/mol. The molecular weight excluding hydrogens is 540 g/mol. The van der Waals surface area contributed by atoms with E-state index < -0.39 is 0 Å². The molecule has 1 heterocycles. The van der Waals surface area contributed by atoms with Gasteiger partial charge in [0.15, 0.2) is 0 Å². The number of anilines is 1. The minimum atomic E-state index is 0.234. The van der Waals surface area contributed by atoms with Gasteiger partial charge in [0.1, 0.15) is 23.2 Å². The third-order valence-corrected chi connectivity index (χ3v) is 5.40. The van der Waals surface area contributed by atoms with Gasteiger partial charge >= 0.3 is 0 Å². The second-order valence-electron chi connectivity index (χ2n) is 5.26. The first kappa shape index (κ1) is 17.9. The molecule has 2 aromatic carbocycles. The Bertz CT molecular complexity index is 959. The molecule has 0 aliphatic carbocycles. The molecule has 3 aromatic rings. The zero-order chi connectivity index (χ0) is 18.0. The summed E-state index contributed by atoms with van der Waals surface area (Å²) in [6, 6.07) is 16.1. The lowest BCUT2D eigenvalue weighted by Gasteiger charge is -2.15. The summed E-state index contributed by atoms with van der Waals surface area (Å²) >= 11 is 4.48. The predicted molar refractivity (Wildman–Crippen MR) is 116 cm³/mol. The van der Waals surface area contributed by atoms with Gasteiger partial charge in [-0.25, -0.2) is 4.98 Å². The minimum Gasteiger partial charge on any atom is -0.495 e. The van der Waals surface area contributed by atoms with Gasteiger partial charge in [-0.05, 0) is 68.4 Å². The molecule has 0 spiro atoms. The van der Waals surface area contributed by atoms with Crippen molar-refractivity contribution in [2.45, 2.75) is 0 Å². The lowest BCUT2D eigenvalue weighted by atomic mass is 9.92. The quantitative estimate of drug-likeness (QED) is 0.460. The first-order chi connectivity index (χ1) is 12.1. The molecule has 3 rings (SSSR count). The van der Waals surface area contributed by atoms with Crippen molar-refractivity contribution >= 4 is 51.0 Å². The molecule has 0 aliphatic heterocycles. The van der Waals surface area contributed by atoms with Crippen LogP contribution >= 0.6 is 45.2 Å². The van der Waals surface area contributed by atoms with Crippen molar-refractivity contribution in [2.75, 3.05) is 12.8 Å². The van der Waals surface area contributed by atoms with E-state index in [4.69, 9.17) is 10.5 Å². The van der Waals surface area contributed by atoms with Crippen LogP contribution in [0.4, 0.5) is 5.82 Å². The average Bonchev–Trinajstić information content (AvgIpc) is 2.61. The van der Waals surface area contributed by atoms with Crippen LogP contribution in [0.3, 0.4) is 0 Å². The smallest absolute Gasteiger partial charge is 0.145 e. The number of methoxy groups -OCH3 is 1. The highest BCUT2D eigenvalue weighted by atomic mass is 127. The highest BCUT2D eigenvalue weighted by Crippen LogP contribution is 2.39. The maximum Gasteiger partial charge on any atom is 0.145 e. The second kappa shape index (κ2) is 7.58. The molecule has 0 aliphatic rings. The lowest BCUT2D eigenvalue weighted by molar-refractivity contribution is 0.409. The van der Waals surface area contributed by atoms with E-state index in [1.807, 2.05) is 42.5 Å². The molecule has 0 bridgehead atoms.